The van der Waals surface area contributed by atoms with E-state index in [1.807, 2.05) is 17.0 Å². The van der Waals surface area contributed by atoms with Crippen molar-refractivity contribution < 1.29 is 4.79 Å². The summed E-state index contributed by atoms with van der Waals surface area (Å²) in [5, 5.41) is 0. The maximum atomic E-state index is 12.1. The molecule has 0 radical (unpaired) electrons. The molecule has 104 valence electrons. The summed E-state index contributed by atoms with van der Waals surface area (Å²) in [7, 11) is 2.06. The predicted molar refractivity (Wildman–Crippen MR) is 77.6 cm³/mol. The van der Waals surface area contributed by atoms with Crippen LogP contribution in [0.25, 0.3) is 0 Å². The van der Waals surface area contributed by atoms with Crippen LogP contribution in [-0.4, -0.2) is 42.5 Å². The molecule has 1 amide bonds. The number of carbonyl (C=O) groups is 1. The molecule has 1 aliphatic heterocycles. The van der Waals surface area contributed by atoms with Crippen LogP contribution in [0.15, 0.2) is 18.3 Å². The van der Waals surface area contributed by atoms with Crippen LogP contribution in [0.1, 0.15) is 43.1 Å². The molecular weight excluding hydrogens is 238 g/mol. The standard InChI is InChI=1S/C15H23N3O/c1-3-4-9-17(2)13-7-8-14(16-12-13)15(19)18-10-5-6-11-18/h7-8,12H,3-6,9-11H2,1-2H3. The van der Waals surface area contributed by atoms with Crippen LogP contribution in [0, 0.1) is 0 Å². The molecule has 1 saturated heterocycles. The summed E-state index contributed by atoms with van der Waals surface area (Å²) >= 11 is 0. The zero-order chi connectivity index (χ0) is 13.7. The lowest BCUT2D eigenvalue weighted by molar-refractivity contribution is 0.0787. The normalized spacial score (nSPS) is 14.7. The number of aromatic nitrogens is 1. The van der Waals surface area contributed by atoms with E-state index in [1.165, 1.54) is 12.8 Å². The van der Waals surface area contributed by atoms with Crippen molar-refractivity contribution in [1.29, 1.82) is 0 Å². The van der Waals surface area contributed by atoms with E-state index in [0.717, 1.165) is 38.2 Å². The fourth-order valence-electron chi connectivity index (χ4n) is 2.34. The molecule has 2 heterocycles. The minimum Gasteiger partial charge on any atom is -0.373 e. The van der Waals surface area contributed by atoms with Gasteiger partial charge in [0, 0.05) is 26.7 Å². The molecule has 0 bridgehead atoms. The molecule has 0 spiro atoms. The number of rotatable bonds is 5. The Morgan fingerprint density at radius 1 is 1.37 bits per heavy atom. The molecule has 0 unspecified atom stereocenters. The number of amides is 1. The van der Waals surface area contributed by atoms with Gasteiger partial charge in [-0.2, -0.15) is 0 Å². The Bertz CT molecular complexity index is 410. The van der Waals surface area contributed by atoms with Crippen LogP contribution in [0.3, 0.4) is 0 Å². The van der Waals surface area contributed by atoms with Gasteiger partial charge in [0.15, 0.2) is 0 Å². The van der Waals surface area contributed by atoms with Crippen molar-refractivity contribution in [3.63, 3.8) is 0 Å². The Labute approximate surface area is 115 Å². The Morgan fingerprint density at radius 2 is 2.11 bits per heavy atom. The molecule has 2 rings (SSSR count). The van der Waals surface area contributed by atoms with Gasteiger partial charge in [-0.05, 0) is 31.4 Å². The van der Waals surface area contributed by atoms with E-state index < -0.39 is 0 Å². The number of nitrogens with zero attached hydrogens (tertiary/aromatic N) is 3. The molecule has 19 heavy (non-hydrogen) atoms. The second kappa shape index (κ2) is 6.55. The highest BCUT2D eigenvalue weighted by Gasteiger charge is 2.20. The first-order valence-electron chi connectivity index (χ1n) is 7.19. The summed E-state index contributed by atoms with van der Waals surface area (Å²) in [6.07, 6.45) is 6.39. The maximum Gasteiger partial charge on any atom is 0.272 e. The monoisotopic (exact) mass is 261 g/mol. The van der Waals surface area contributed by atoms with Gasteiger partial charge in [-0.15, -0.1) is 0 Å². The summed E-state index contributed by atoms with van der Waals surface area (Å²) in [4.78, 5) is 20.5. The van der Waals surface area contributed by atoms with Crippen molar-refractivity contribution in [1.82, 2.24) is 9.88 Å². The highest BCUT2D eigenvalue weighted by molar-refractivity contribution is 5.92. The first-order chi connectivity index (χ1) is 9.22. The van der Waals surface area contributed by atoms with Gasteiger partial charge in [-0.3, -0.25) is 4.79 Å². The summed E-state index contributed by atoms with van der Waals surface area (Å²) in [5.41, 5.74) is 1.64. The molecule has 1 aromatic heterocycles. The number of likely N-dealkylation sites (tertiary alicyclic amines) is 1. The lowest BCUT2D eigenvalue weighted by atomic mass is 10.2. The summed E-state index contributed by atoms with van der Waals surface area (Å²) in [6.45, 7) is 4.96. The quantitative estimate of drug-likeness (QED) is 0.817. The van der Waals surface area contributed by atoms with Gasteiger partial charge in [-0.25, -0.2) is 4.98 Å². The summed E-state index contributed by atoms with van der Waals surface area (Å²) in [6, 6.07) is 3.84. The first-order valence-corrected chi connectivity index (χ1v) is 7.19. The van der Waals surface area contributed by atoms with E-state index in [0.29, 0.717) is 5.69 Å². The van der Waals surface area contributed by atoms with Gasteiger partial charge in [-0.1, -0.05) is 13.3 Å². The van der Waals surface area contributed by atoms with Crippen molar-refractivity contribution in [3.05, 3.63) is 24.0 Å². The molecule has 0 N–H and O–H groups in total. The van der Waals surface area contributed by atoms with Crippen LogP contribution >= 0.6 is 0 Å². The molecule has 0 atom stereocenters. The maximum absolute atomic E-state index is 12.1. The summed E-state index contributed by atoms with van der Waals surface area (Å²) in [5.74, 6) is 0.0697. The van der Waals surface area contributed by atoms with Gasteiger partial charge in [0.2, 0.25) is 0 Å². The van der Waals surface area contributed by atoms with E-state index >= 15 is 0 Å². The molecule has 1 fully saturated rings. The second-order valence-electron chi connectivity index (χ2n) is 5.18. The zero-order valence-corrected chi connectivity index (χ0v) is 11.9. The molecule has 0 saturated carbocycles. The Kier molecular flexibility index (Phi) is 4.77. The Hall–Kier alpha value is -1.58. The van der Waals surface area contributed by atoms with Crippen LogP contribution in [-0.2, 0) is 0 Å². The number of unbranched alkanes of at least 4 members (excludes halogenated alkanes) is 1. The molecule has 4 heteroatoms. The van der Waals surface area contributed by atoms with Crippen molar-refractivity contribution in [2.75, 3.05) is 31.6 Å². The lowest BCUT2D eigenvalue weighted by Crippen LogP contribution is -2.28. The fourth-order valence-corrected chi connectivity index (χ4v) is 2.34. The predicted octanol–water partition coefficient (Wildman–Crippen LogP) is 2.55. The first kappa shape index (κ1) is 13.8. The Morgan fingerprint density at radius 3 is 2.68 bits per heavy atom. The third kappa shape index (κ3) is 3.46. The SMILES string of the molecule is CCCCN(C)c1ccc(C(=O)N2CCCC2)nc1. The topological polar surface area (TPSA) is 36.4 Å². The highest BCUT2D eigenvalue weighted by Crippen LogP contribution is 2.15. The molecule has 1 aliphatic rings. The van der Waals surface area contributed by atoms with Crippen LogP contribution in [0.4, 0.5) is 5.69 Å². The molecule has 0 aromatic carbocycles. The van der Waals surface area contributed by atoms with Gasteiger partial charge in [0.05, 0.1) is 11.9 Å². The third-order valence-corrected chi connectivity index (χ3v) is 3.65. The van der Waals surface area contributed by atoms with Crippen molar-refractivity contribution in [2.45, 2.75) is 32.6 Å². The van der Waals surface area contributed by atoms with Crippen molar-refractivity contribution in [2.24, 2.45) is 0 Å². The average molecular weight is 261 g/mol. The van der Waals surface area contributed by atoms with Crippen LogP contribution in [0.5, 0.6) is 0 Å². The van der Waals surface area contributed by atoms with E-state index in [2.05, 4.69) is 23.9 Å². The molecule has 4 nitrogen and oxygen atoms in total. The van der Waals surface area contributed by atoms with Gasteiger partial charge in [0.1, 0.15) is 5.69 Å². The van der Waals surface area contributed by atoms with Gasteiger partial charge >= 0.3 is 0 Å². The highest BCUT2D eigenvalue weighted by atomic mass is 16.2. The molecule has 1 aromatic rings. The van der Waals surface area contributed by atoms with E-state index in [-0.39, 0.29) is 5.91 Å². The lowest BCUT2D eigenvalue weighted by Gasteiger charge is -2.19. The zero-order valence-electron chi connectivity index (χ0n) is 11.9. The van der Waals surface area contributed by atoms with Gasteiger partial charge in [0.25, 0.3) is 5.91 Å². The number of pyridine rings is 1. The second-order valence-corrected chi connectivity index (χ2v) is 5.18. The van der Waals surface area contributed by atoms with Crippen LogP contribution < -0.4 is 4.90 Å². The number of anilines is 1. The number of hydrogen-bond donors (Lipinski definition) is 0. The summed E-state index contributed by atoms with van der Waals surface area (Å²) < 4.78 is 0. The van der Waals surface area contributed by atoms with E-state index in [1.54, 1.807) is 6.20 Å². The van der Waals surface area contributed by atoms with Crippen molar-refractivity contribution in [3.8, 4) is 0 Å². The van der Waals surface area contributed by atoms with Crippen LogP contribution in [0.2, 0.25) is 0 Å². The van der Waals surface area contributed by atoms with Crippen molar-refractivity contribution >= 4 is 11.6 Å². The average Bonchev–Trinajstić information content (AvgIpc) is 2.98. The fraction of sp³-hybridized carbons (Fsp3) is 0.600. The largest absolute Gasteiger partial charge is 0.373 e. The molecule has 0 aliphatic carbocycles. The molecular formula is C15H23N3O. The van der Waals surface area contributed by atoms with Gasteiger partial charge < -0.3 is 9.80 Å². The van der Waals surface area contributed by atoms with E-state index in [4.69, 9.17) is 0 Å². The van der Waals surface area contributed by atoms with E-state index in [9.17, 15) is 4.79 Å². The minimum atomic E-state index is 0.0697. The number of hydrogen-bond acceptors (Lipinski definition) is 3. The minimum absolute atomic E-state index is 0.0697. The number of carbonyl (C=O) groups excluding carboxylic acids is 1. The smallest absolute Gasteiger partial charge is 0.272 e. The third-order valence-electron chi connectivity index (χ3n) is 3.65. The Balaban J connectivity index is 1.99.